The summed E-state index contributed by atoms with van der Waals surface area (Å²) in [6, 6.07) is 14.3. The molecule has 2 aliphatic heterocycles. The topological polar surface area (TPSA) is 149 Å². The maximum Gasteiger partial charge on any atom is 0.407 e. The number of sulfonamides is 1. The molecule has 13 heteroatoms. The summed E-state index contributed by atoms with van der Waals surface area (Å²) in [5.74, 6) is -0.189. The summed E-state index contributed by atoms with van der Waals surface area (Å²) in [4.78, 5) is 13.2. The van der Waals surface area contributed by atoms with Crippen LogP contribution in [0.25, 0.3) is 0 Å². The van der Waals surface area contributed by atoms with Gasteiger partial charge in [0.05, 0.1) is 48.9 Å². The third kappa shape index (κ3) is 8.22. The summed E-state index contributed by atoms with van der Waals surface area (Å²) < 4.78 is 69.2. The Morgan fingerprint density at radius 1 is 1.07 bits per heavy atom. The van der Waals surface area contributed by atoms with Crippen LogP contribution in [0, 0.1) is 17.8 Å². The molecule has 2 saturated heterocycles. The fourth-order valence-electron chi connectivity index (χ4n) is 5.50. The number of aliphatic hydroxyl groups is 1. The molecule has 3 unspecified atom stereocenters. The summed E-state index contributed by atoms with van der Waals surface area (Å²) in [6.45, 7) is 4.00. The number of alkyl carbamates (subject to hydrolysis) is 1. The molecule has 2 aromatic carbocycles. The lowest BCUT2D eigenvalue weighted by Crippen LogP contribution is -2.52. The van der Waals surface area contributed by atoms with Gasteiger partial charge in [-0.15, -0.1) is 0 Å². The van der Waals surface area contributed by atoms with Crippen LogP contribution in [0.1, 0.15) is 19.4 Å². The van der Waals surface area contributed by atoms with Crippen LogP contribution < -0.4 is 10.1 Å². The summed E-state index contributed by atoms with van der Waals surface area (Å²) >= 11 is 0. The number of hydrogen-bond acceptors (Lipinski definition) is 9. The number of carbonyl (C=O) groups excluding carboxylic acids is 1. The van der Waals surface area contributed by atoms with E-state index in [9.17, 15) is 26.7 Å². The maximum absolute atomic E-state index is 13.6. The monoisotopic (exact) mass is 624 g/mol. The second-order valence-electron chi connectivity index (χ2n) is 11.4. The molecule has 0 aromatic heterocycles. The summed E-state index contributed by atoms with van der Waals surface area (Å²) in [7, 11) is -5.74. The van der Waals surface area contributed by atoms with Crippen LogP contribution >= 0.6 is 0 Å². The third-order valence-electron chi connectivity index (χ3n) is 7.59. The standard InChI is InChI=1S/C29H40N2O9S2/c1-20(2)14-31(42(36,37)24-11-9-23(38-3)10-12-24)15-27(32)26(13-21-7-5-4-6-8-21)30-29(33)40-28-17-39-16-22-18-41(34,35)19-25(22)28/h4-12,20,22,25-28,32H,13-19H2,1-3H3,(H,30,33)/t22?,25?,26-,27+,28?/m1/s1. The van der Waals surface area contributed by atoms with E-state index in [4.69, 9.17) is 14.2 Å². The van der Waals surface area contributed by atoms with Crippen LogP contribution in [-0.2, 0) is 35.8 Å². The van der Waals surface area contributed by atoms with Gasteiger partial charge in [-0.3, -0.25) is 0 Å². The first-order valence-corrected chi connectivity index (χ1v) is 17.3. The molecule has 0 bridgehead atoms. The molecule has 2 fully saturated rings. The smallest absolute Gasteiger partial charge is 0.407 e. The average molecular weight is 625 g/mol. The van der Waals surface area contributed by atoms with Crippen molar-refractivity contribution in [3.8, 4) is 5.75 Å². The minimum absolute atomic E-state index is 0.00282. The van der Waals surface area contributed by atoms with Gasteiger partial charge in [0.1, 0.15) is 11.9 Å². The Balaban J connectivity index is 1.52. The van der Waals surface area contributed by atoms with Crippen LogP contribution in [0.15, 0.2) is 59.5 Å². The second-order valence-corrected chi connectivity index (χ2v) is 15.5. The number of nitrogens with zero attached hydrogens (tertiary/aromatic N) is 1. The van der Waals surface area contributed by atoms with Gasteiger partial charge in [0.2, 0.25) is 10.0 Å². The lowest BCUT2D eigenvalue weighted by atomic mass is 9.89. The minimum atomic E-state index is -3.99. The average Bonchev–Trinajstić information content (AvgIpc) is 3.27. The van der Waals surface area contributed by atoms with Gasteiger partial charge in [-0.05, 0) is 42.2 Å². The molecule has 2 aliphatic rings. The lowest BCUT2D eigenvalue weighted by molar-refractivity contribution is -0.0687. The Morgan fingerprint density at radius 3 is 2.40 bits per heavy atom. The molecule has 0 saturated carbocycles. The van der Waals surface area contributed by atoms with Crippen molar-refractivity contribution in [2.45, 2.75) is 43.4 Å². The van der Waals surface area contributed by atoms with Crippen LogP contribution in [0.4, 0.5) is 4.79 Å². The summed E-state index contributed by atoms with van der Waals surface area (Å²) in [5.41, 5.74) is 0.818. The van der Waals surface area contributed by atoms with Crippen molar-refractivity contribution in [1.82, 2.24) is 9.62 Å². The molecule has 2 heterocycles. The van der Waals surface area contributed by atoms with Gasteiger partial charge in [0, 0.05) is 24.9 Å². The molecule has 2 N–H and O–H groups in total. The number of methoxy groups -OCH3 is 1. The quantitative estimate of drug-likeness (QED) is 0.362. The Labute approximate surface area is 248 Å². The van der Waals surface area contributed by atoms with Crippen LogP contribution in [0.2, 0.25) is 0 Å². The van der Waals surface area contributed by atoms with Crippen molar-refractivity contribution in [1.29, 1.82) is 0 Å². The molecular formula is C29H40N2O9S2. The van der Waals surface area contributed by atoms with Crippen LogP contribution in [-0.4, -0.2) is 95.5 Å². The summed E-state index contributed by atoms with van der Waals surface area (Å²) in [5, 5.41) is 14.1. The lowest BCUT2D eigenvalue weighted by Gasteiger charge is -2.33. The fraction of sp³-hybridized carbons (Fsp3) is 0.552. The highest BCUT2D eigenvalue weighted by atomic mass is 32.2. The van der Waals surface area contributed by atoms with Gasteiger partial charge in [0.15, 0.2) is 9.84 Å². The SMILES string of the molecule is COc1ccc(S(=O)(=O)N(CC(C)C)C[C@H](O)[C@@H](Cc2ccccc2)NC(=O)OC2COCC3CS(=O)(=O)CC32)cc1. The number of ether oxygens (including phenoxy) is 3. The van der Waals surface area contributed by atoms with Gasteiger partial charge in [-0.1, -0.05) is 44.2 Å². The maximum atomic E-state index is 13.6. The number of sulfone groups is 1. The molecule has 0 aliphatic carbocycles. The van der Waals surface area contributed by atoms with Crippen LogP contribution in [0.3, 0.4) is 0 Å². The summed E-state index contributed by atoms with van der Waals surface area (Å²) in [6.07, 6.45) is -2.67. The molecule has 11 nitrogen and oxygen atoms in total. The van der Waals surface area contributed by atoms with Gasteiger partial charge in [-0.25, -0.2) is 21.6 Å². The van der Waals surface area contributed by atoms with E-state index in [1.165, 1.54) is 23.5 Å². The van der Waals surface area contributed by atoms with Gasteiger partial charge < -0.3 is 24.6 Å². The molecule has 1 amide bonds. The number of fused-ring (bicyclic) bond motifs is 1. The highest BCUT2D eigenvalue weighted by Gasteiger charge is 2.46. The molecule has 4 rings (SSSR count). The largest absolute Gasteiger partial charge is 0.497 e. The molecule has 42 heavy (non-hydrogen) atoms. The second kappa shape index (κ2) is 13.7. The Bertz CT molecular complexity index is 1400. The van der Waals surface area contributed by atoms with Gasteiger partial charge in [0.25, 0.3) is 0 Å². The molecule has 0 spiro atoms. The van der Waals surface area contributed by atoms with Gasteiger partial charge >= 0.3 is 6.09 Å². The van der Waals surface area contributed by atoms with E-state index in [1.807, 2.05) is 44.2 Å². The van der Waals surface area contributed by atoms with E-state index in [-0.39, 0.29) is 60.3 Å². The number of aliphatic hydroxyl groups excluding tert-OH is 1. The number of nitrogens with one attached hydrogen (secondary N) is 1. The number of rotatable bonds is 12. The first-order chi connectivity index (χ1) is 19.9. The molecule has 2 aromatic rings. The Hall–Kier alpha value is -2.71. The zero-order valence-corrected chi connectivity index (χ0v) is 25.7. The van der Waals surface area contributed by atoms with Gasteiger partial charge in [-0.2, -0.15) is 4.31 Å². The highest BCUT2D eigenvalue weighted by molar-refractivity contribution is 7.91. The Morgan fingerprint density at radius 2 is 1.76 bits per heavy atom. The minimum Gasteiger partial charge on any atom is -0.497 e. The normalized spacial score (nSPS) is 23.2. The van der Waals surface area contributed by atoms with Crippen molar-refractivity contribution in [3.05, 3.63) is 60.2 Å². The number of benzene rings is 2. The predicted molar refractivity (Wildman–Crippen MR) is 156 cm³/mol. The van der Waals surface area contributed by atoms with E-state index < -0.39 is 44.2 Å². The van der Waals surface area contributed by atoms with Crippen molar-refractivity contribution >= 4 is 26.0 Å². The predicted octanol–water partition coefficient (Wildman–Crippen LogP) is 2.10. The zero-order chi connectivity index (χ0) is 30.5. The molecule has 232 valence electrons. The van der Waals surface area contributed by atoms with E-state index in [0.717, 1.165) is 5.56 Å². The number of hydrogen-bond donors (Lipinski definition) is 2. The van der Waals surface area contributed by atoms with Crippen molar-refractivity contribution < 1.29 is 40.9 Å². The zero-order valence-electron chi connectivity index (χ0n) is 24.1. The van der Waals surface area contributed by atoms with E-state index in [1.54, 1.807) is 12.1 Å². The molecule has 5 atom stereocenters. The van der Waals surface area contributed by atoms with E-state index in [2.05, 4.69) is 5.32 Å². The fourth-order valence-corrected chi connectivity index (χ4v) is 9.32. The number of amides is 1. The Kier molecular flexibility index (Phi) is 10.5. The van der Waals surface area contributed by atoms with Crippen LogP contribution in [0.5, 0.6) is 5.75 Å². The van der Waals surface area contributed by atoms with E-state index in [0.29, 0.717) is 12.4 Å². The first-order valence-electron chi connectivity index (χ1n) is 14.0. The third-order valence-corrected chi connectivity index (χ3v) is 11.3. The van der Waals surface area contributed by atoms with Crippen molar-refractivity contribution in [2.75, 3.05) is 44.9 Å². The molecular weight excluding hydrogens is 584 g/mol. The van der Waals surface area contributed by atoms with Crippen molar-refractivity contribution in [3.63, 3.8) is 0 Å². The van der Waals surface area contributed by atoms with Crippen molar-refractivity contribution in [2.24, 2.45) is 17.8 Å². The van der Waals surface area contributed by atoms with E-state index >= 15 is 0 Å². The first kappa shape index (κ1) is 32.2. The molecule has 0 radical (unpaired) electrons. The number of carbonyl (C=O) groups is 1. The highest BCUT2D eigenvalue weighted by Crippen LogP contribution is 2.33.